The molecule has 1 saturated carbocycles. The lowest BCUT2D eigenvalue weighted by Gasteiger charge is -2.44. The summed E-state index contributed by atoms with van der Waals surface area (Å²) in [6.45, 7) is 2.45. The van der Waals surface area contributed by atoms with Crippen LogP contribution in [-0.2, 0) is 0 Å². The van der Waals surface area contributed by atoms with Crippen LogP contribution in [0.3, 0.4) is 0 Å². The van der Waals surface area contributed by atoms with Crippen LogP contribution >= 0.6 is 0 Å². The van der Waals surface area contributed by atoms with Crippen LogP contribution in [0.1, 0.15) is 51.4 Å². The third-order valence-electron chi connectivity index (χ3n) is 4.39. The monoisotopic (exact) mass is 227 g/mol. The fraction of sp³-hybridized carbons (Fsp3) is 1.00. The van der Waals surface area contributed by atoms with Crippen LogP contribution in [0, 0.1) is 11.3 Å². The van der Waals surface area contributed by atoms with E-state index in [1.165, 1.54) is 38.5 Å². The highest BCUT2D eigenvalue weighted by Gasteiger charge is 2.38. The number of nitrogens with two attached hydrogens (primary N) is 3. The fourth-order valence-electron chi connectivity index (χ4n) is 3.35. The molecule has 1 rings (SSSR count). The van der Waals surface area contributed by atoms with E-state index in [1.807, 2.05) is 0 Å². The van der Waals surface area contributed by atoms with Crippen molar-refractivity contribution in [1.82, 2.24) is 0 Å². The summed E-state index contributed by atoms with van der Waals surface area (Å²) < 4.78 is 0. The van der Waals surface area contributed by atoms with Gasteiger partial charge in [0, 0.05) is 0 Å². The number of hydrogen-bond donors (Lipinski definition) is 3. The molecule has 3 nitrogen and oxygen atoms in total. The van der Waals surface area contributed by atoms with E-state index in [1.54, 1.807) is 0 Å². The molecule has 96 valence electrons. The minimum absolute atomic E-state index is 0.382. The molecule has 0 aromatic heterocycles. The molecule has 0 bridgehead atoms. The maximum atomic E-state index is 6.07. The first-order valence-electron chi connectivity index (χ1n) is 6.89. The summed E-state index contributed by atoms with van der Waals surface area (Å²) in [5, 5.41) is 0. The van der Waals surface area contributed by atoms with Crippen molar-refractivity contribution in [3.8, 4) is 0 Å². The van der Waals surface area contributed by atoms with Crippen LogP contribution in [0.5, 0.6) is 0 Å². The Morgan fingerprint density at radius 3 is 2.38 bits per heavy atom. The van der Waals surface area contributed by atoms with Crippen LogP contribution in [0.2, 0.25) is 0 Å². The number of rotatable bonds is 7. The summed E-state index contributed by atoms with van der Waals surface area (Å²) in [5.41, 5.74) is 17.7. The topological polar surface area (TPSA) is 78.1 Å². The standard InChI is InChI=1S/C13H29N3/c14-9-3-6-12-5-1-2-7-13(12,11-16)8-4-10-15/h12H,1-11,14-16H2. The summed E-state index contributed by atoms with van der Waals surface area (Å²) in [6, 6.07) is 0. The van der Waals surface area contributed by atoms with Gasteiger partial charge in [-0.1, -0.05) is 12.8 Å². The fourth-order valence-corrected chi connectivity index (χ4v) is 3.35. The molecule has 0 spiro atoms. The van der Waals surface area contributed by atoms with Crippen molar-refractivity contribution in [2.45, 2.75) is 51.4 Å². The van der Waals surface area contributed by atoms with Crippen LogP contribution in [0.4, 0.5) is 0 Å². The zero-order valence-corrected chi connectivity index (χ0v) is 10.6. The molecule has 2 atom stereocenters. The van der Waals surface area contributed by atoms with Crippen LogP contribution in [0.25, 0.3) is 0 Å². The van der Waals surface area contributed by atoms with Gasteiger partial charge >= 0.3 is 0 Å². The smallest absolute Gasteiger partial charge is 0.00179 e. The van der Waals surface area contributed by atoms with Crippen LogP contribution < -0.4 is 17.2 Å². The van der Waals surface area contributed by atoms with Gasteiger partial charge in [-0.15, -0.1) is 0 Å². The first kappa shape index (κ1) is 13.9. The lowest BCUT2D eigenvalue weighted by molar-refractivity contribution is 0.0815. The Balaban J connectivity index is 2.58. The highest BCUT2D eigenvalue weighted by molar-refractivity contribution is 4.90. The molecular weight excluding hydrogens is 198 g/mol. The van der Waals surface area contributed by atoms with Crippen LogP contribution in [-0.4, -0.2) is 19.6 Å². The highest BCUT2D eigenvalue weighted by Crippen LogP contribution is 2.46. The van der Waals surface area contributed by atoms with Gasteiger partial charge in [-0.05, 0) is 69.5 Å². The van der Waals surface area contributed by atoms with Gasteiger partial charge in [0.25, 0.3) is 0 Å². The molecule has 0 heterocycles. The van der Waals surface area contributed by atoms with Crippen molar-refractivity contribution in [2.24, 2.45) is 28.5 Å². The average molecular weight is 227 g/mol. The first-order valence-corrected chi connectivity index (χ1v) is 6.89. The third kappa shape index (κ3) is 3.44. The van der Waals surface area contributed by atoms with Gasteiger partial charge in [0.1, 0.15) is 0 Å². The van der Waals surface area contributed by atoms with Crippen molar-refractivity contribution < 1.29 is 0 Å². The van der Waals surface area contributed by atoms with E-state index in [4.69, 9.17) is 17.2 Å². The predicted octanol–water partition coefficient (Wildman–Crippen LogP) is 1.60. The third-order valence-corrected chi connectivity index (χ3v) is 4.39. The van der Waals surface area contributed by atoms with Crippen molar-refractivity contribution in [2.75, 3.05) is 19.6 Å². The van der Waals surface area contributed by atoms with E-state index in [0.717, 1.165) is 38.4 Å². The summed E-state index contributed by atoms with van der Waals surface area (Å²) in [7, 11) is 0. The molecule has 6 N–H and O–H groups in total. The zero-order chi connectivity index (χ0) is 11.9. The van der Waals surface area contributed by atoms with Gasteiger partial charge < -0.3 is 17.2 Å². The van der Waals surface area contributed by atoms with E-state index in [2.05, 4.69) is 0 Å². The minimum atomic E-state index is 0.382. The Morgan fingerprint density at radius 2 is 1.75 bits per heavy atom. The maximum absolute atomic E-state index is 6.07. The quantitative estimate of drug-likeness (QED) is 0.618. The normalized spacial score (nSPS) is 30.6. The van der Waals surface area contributed by atoms with Crippen LogP contribution in [0.15, 0.2) is 0 Å². The lowest BCUT2D eigenvalue weighted by Crippen LogP contribution is -2.41. The second-order valence-electron chi connectivity index (χ2n) is 5.33. The second kappa shape index (κ2) is 7.25. The van der Waals surface area contributed by atoms with Crippen molar-refractivity contribution in [3.05, 3.63) is 0 Å². The van der Waals surface area contributed by atoms with E-state index in [-0.39, 0.29) is 0 Å². The molecule has 0 amide bonds. The van der Waals surface area contributed by atoms with E-state index < -0.39 is 0 Å². The van der Waals surface area contributed by atoms with Crippen molar-refractivity contribution >= 4 is 0 Å². The van der Waals surface area contributed by atoms with Gasteiger partial charge in [0.15, 0.2) is 0 Å². The number of hydrogen-bond acceptors (Lipinski definition) is 3. The molecule has 0 saturated heterocycles. The largest absolute Gasteiger partial charge is 0.330 e. The summed E-state index contributed by atoms with van der Waals surface area (Å²) >= 11 is 0. The summed E-state index contributed by atoms with van der Waals surface area (Å²) in [6.07, 6.45) is 10.1. The maximum Gasteiger partial charge on any atom is -0.00179 e. The summed E-state index contributed by atoms with van der Waals surface area (Å²) in [5.74, 6) is 0.793. The molecule has 1 fully saturated rings. The predicted molar refractivity (Wildman–Crippen MR) is 70.0 cm³/mol. The Morgan fingerprint density at radius 1 is 1.00 bits per heavy atom. The van der Waals surface area contributed by atoms with Gasteiger partial charge in [-0.2, -0.15) is 0 Å². The Bertz CT molecular complexity index is 184. The second-order valence-corrected chi connectivity index (χ2v) is 5.33. The van der Waals surface area contributed by atoms with Gasteiger partial charge in [0.05, 0.1) is 0 Å². The van der Waals surface area contributed by atoms with Gasteiger partial charge in [-0.25, -0.2) is 0 Å². The molecule has 16 heavy (non-hydrogen) atoms. The zero-order valence-electron chi connectivity index (χ0n) is 10.6. The minimum Gasteiger partial charge on any atom is -0.330 e. The van der Waals surface area contributed by atoms with Gasteiger partial charge in [-0.3, -0.25) is 0 Å². The SMILES string of the molecule is NCCCC1CCCCC1(CN)CCCN. The van der Waals surface area contributed by atoms with Crippen molar-refractivity contribution in [1.29, 1.82) is 0 Å². The molecule has 1 aliphatic rings. The highest BCUT2D eigenvalue weighted by atomic mass is 14.6. The molecule has 3 heteroatoms. The molecule has 0 aromatic rings. The Labute approximate surface area is 100 Å². The lowest BCUT2D eigenvalue weighted by atomic mass is 9.62. The van der Waals surface area contributed by atoms with Gasteiger partial charge in [0.2, 0.25) is 0 Å². The van der Waals surface area contributed by atoms with E-state index in [0.29, 0.717) is 5.41 Å². The van der Waals surface area contributed by atoms with E-state index in [9.17, 15) is 0 Å². The first-order chi connectivity index (χ1) is 7.79. The molecule has 0 aromatic carbocycles. The van der Waals surface area contributed by atoms with Crippen molar-refractivity contribution in [3.63, 3.8) is 0 Å². The summed E-state index contributed by atoms with van der Waals surface area (Å²) in [4.78, 5) is 0. The molecule has 2 unspecified atom stereocenters. The van der Waals surface area contributed by atoms with E-state index >= 15 is 0 Å². The molecule has 0 aliphatic heterocycles. The molecular formula is C13H29N3. The molecule has 0 radical (unpaired) electrons. The molecule has 1 aliphatic carbocycles. The average Bonchev–Trinajstić information content (AvgIpc) is 2.34. The Kier molecular flexibility index (Phi) is 6.32. The Hall–Kier alpha value is -0.120.